The van der Waals surface area contributed by atoms with Gasteiger partial charge in [-0.1, -0.05) is 87.5 Å². The summed E-state index contributed by atoms with van der Waals surface area (Å²) in [5.41, 5.74) is 1.03. The predicted molar refractivity (Wildman–Crippen MR) is 212 cm³/mol. The summed E-state index contributed by atoms with van der Waals surface area (Å²) in [7, 11) is -3.98. The number of para-hydroxylation sites is 1. The van der Waals surface area contributed by atoms with Crippen LogP contribution in [-0.4, -0.2) is 60.2 Å². The second kappa shape index (κ2) is 17.1. The number of hydrogen-bond acceptors (Lipinski definition) is 10. The highest BCUT2D eigenvalue weighted by Gasteiger charge is 2.35. The second-order valence-corrected chi connectivity index (χ2v) is 17.1. The van der Waals surface area contributed by atoms with Gasteiger partial charge in [0.25, 0.3) is 5.91 Å². The summed E-state index contributed by atoms with van der Waals surface area (Å²) >= 11 is 0. The van der Waals surface area contributed by atoms with E-state index in [1.54, 1.807) is 75.5 Å². The van der Waals surface area contributed by atoms with Crippen LogP contribution in [0.3, 0.4) is 0 Å². The number of amides is 3. The third kappa shape index (κ3) is 11.6. The van der Waals surface area contributed by atoms with Crippen molar-refractivity contribution in [2.45, 2.75) is 72.1 Å². The maximum absolute atomic E-state index is 14.0. The number of nitrogens with zero attached hydrogens (tertiary/aromatic N) is 2. The molecule has 0 saturated heterocycles. The summed E-state index contributed by atoms with van der Waals surface area (Å²) in [5.74, 6) is -0.319. The number of anilines is 1. The Morgan fingerprint density at radius 2 is 1.64 bits per heavy atom. The van der Waals surface area contributed by atoms with Crippen molar-refractivity contribution in [1.29, 1.82) is 0 Å². The number of benzene rings is 3. The van der Waals surface area contributed by atoms with Gasteiger partial charge in [0, 0.05) is 24.0 Å². The van der Waals surface area contributed by atoms with E-state index in [1.165, 1.54) is 6.07 Å². The zero-order chi connectivity index (χ0) is 39.8. The highest BCUT2D eigenvalue weighted by Crippen LogP contribution is 2.29. The van der Waals surface area contributed by atoms with E-state index in [0.717, 1.165) is 5.56 Å². The van der Waals surface area contributed by atoms with Crippen molar-refractivity contribution >= 4 is 39.7 Å². The number of carbonyl (C=O) groups excluding carboxylic acids is 3. The van der Waals surface area contributed by atoms with Gasteiger partial charge >= 0.3 is 6.09 Å². The molecule has 0 radical (unpaired) electrons. The first-order valence-corrected chi connectivity index (χ1v) is 19.7. The normalized spacial score (nSPS) is 17.4. The van der Waals surface area contributed by atoms with Gasteiger partial charge in [-0.25, -0.2) is 22.9 Å². The SMILES string of the molecule is CC(C)(C)OC(=O)N[C@H](C(=O)N[C@@H]1CNc2ccccc2C(=O)NS(=O)(=O)CCC/C=C/c2cnc(-c3ccccc3)nc2Oc2ccc1cc2)C(C)(C)C. The fourth-order valence-electron chi connectivity index (χ4n) is 5.68. The molecule has 0 spiro atoms. The number of rotatable bonds is 4. The van der Waals surface area contributed by atoms with E-state index in [2.05, 4.69) is 25.7 Å². The van der Waals surface area contributed by atoms with E-state index in [4.69, 9.17) is 14.5 Å². The molecule has 4 N–H and O–H groups in total. The molecule has 2 aliphatic rings. The lowest BCUT2D eigenvalue weighted by atomic mass is 9.86. The summed E-state index contributed by atoms with van der Waals surface area (Å²) in [5, 5.41) is 9.02. The lowest BCUT2D eigenvalue weighted by Crippen LogP contribution is -2.55. The molecule has 0 fully saturated rings. The van der Waals surface area contributed by atoms with Crippen molar-refractivity contribution in [2.75, 3.05) is 17.6 Å². The van der Waals surface area contributed by atoms with Crippen LogP contribution in [0.2, 0.25) is 0 Å². The minimum Gasteiger partial charge on any atom is -0.444 e. The predicted octanol–water partition coefficient (Wildman–Crippen LogP) is 7.01. The van der Waals surface area contributed by atoms with Gasteiger partial charge in [-0.2, -0.15) is 4.98 Å². The molecule has 2 bridgehead atoms. The zero-order valence-corrected chi connectivity index (χ0v) is 32.7. The highest BCUT2D eigenvalue weighted by atomic mass is 32.2. The Morgan fingerprint density at radius 3 is 2.33 bits per heavy atom. The Hall–Kier alpha value is -5.76. The van der Waals surface area contributed by atoms with Gasteiger partial charge in [0.05, 0.1) is 22.9 Å². The molecule has 3 heterocycles. The van der Waals surface area contributed by atoms with Crippen LogP contribution in [0.25, 0.3) is 17.5 Å². The molecular weight excluding hydrogens is 721 g/mol. The first-order chi connectivity index (χ1) is 26.0. The Balaban J connectivity index is 1.52. The van der Waals surface area contributed by atoms with E-state index < -0.39 is 51.0 Å². The van der Waals surface area contributed by atoms with Crippen LogP contribution in [0.1, 0.15) is 81.9 Å². The highest BCUT2D eigenvalue weighted by molar-refractivity contribution is 7.90. The van der Waals surface area contributed by atoms with Crippen LogP contribution in [0.5, 0.6) is 11.6 Å². The van der Waals surface area contributed by atoms with Gasteiger partial charge in [-0.15, -0.1) is 0 Å². The smallest absolute Gasteiger partial charge is 0.408 e. The van der Waals surface area contributed by atoms with Gasteiger partial charge in [0.2, 0.25) is 21.8 Å². The quantitative estimate of drug-likeness (QED) is 0.169. The molecule has 3 aromatic carbocycles. The number of aromatic nitrogens is 2. The van der Waals surface area contributed by atoms with Crippen LogP contribution in [0.15, 0.2) is 91.1 Å². The molecule has 290 valence electrons. The molecule has 6 rings (SSSR count). The Bertz CT molecular complexity index is 2130. The van der Waals surface area contributed by atoms with Crippen LogP contribution < -0.4 is 25.4 Å². The molecule has 0 saturated carbocycles. The molecule has 1 aromatic heterocycles. The summed E-state index contributed by atoms with van der Waals surface area (Å²) in [4.78, 5) is 49.4. The molecule has 2 atom stereocenters. The first-order valence-electron chi connectivity index (χ1n) is 18.0. The molecule has 4 aromatic rings. The van der Waals surface area contributed by atoms with Crippen molar-refractivity contribution in [3.05, 3.63) is 108 Å². The fraction of sp³-hybridized carbons (Fsp3) is 0.341. The van der Waals surface area contributed by atoms with Crippen LogP contribution in [0, 0.1) is 5.41 Å². The number of ether oxygens (including phenoxy) is 2. The number of allylic oxidation sites excluding steroid dienone is 1. The number of sulfonamides is 1. The van der Waals surface area contributed by atoms with Gasteiger partial charge in [0.15, 0.2) is 5.82 Å². The molecule has 0 unspecified atom stereocenters. The van der Waals surface area contributed by atoms with E-state index in [-0.39, 0.29) is 30.2 Å². The summed E-state index contributed by atoms with van der Waals surface area (Å²) in [6, 6.07) is 21.4. The molecule has 2 aliphatic heterocycles. The average molecular weight is 769 g/mol. The van der Waals surface area contributed by atoms with E-state index in [1.807, 2.05) is 57.2 Å². The van der Waals surface area contributed by atoms with Crippen molar-refractivity contribution < 1.29 is 32.3 Å². The lowest BCUT2D eigenvalue weighted by molar-refractivity contribution is -0.126. The molecule has 3 amide bonds. The van der Waals surface area contributed by atoms with Crippen LogP contribution >= 0.6 is 0 Å². The standard InChI is InChI=1S/C41H48N6O7S/c1-40(2,3)34(45-39(50)54-41(4,5)6)37(49)44-33-26-42-32-19-13-12-18-31(32)36(48)47-55(51,52)24-14-8-11-17-29-25-43-35(28-15-9-7-10-16-28)46-38(29)53-30-22-20-27(33)21-23-30/h7,9-13,15-23,25,33-34,42H,8,14,24,26H2,1-6H3,(H,44,49)(H,45,50)(H,47,48)/b17-11+/t33-,34-/m1/s1. The largest absolute Gasteiger partial charge is 0.444 e. The number of alkyl carbamates (subject to hydrolysis) is 1. The number of hydrogen-bond donors (Lipinski definition) is 4. The Kier molecular flexibility index (Phi) is 12.6. The monoisotopic (exact) mass is 768 g/mol. The summed E-state index contributed by atoms with van der Waals surface area (Å²) in [6.45, 7) is 10.8. The zero-order valence-electron chi connectivity index (χ0n) is 31.9. The Morgan fingerprint density at radius 1 is 0.945 bits per heavy atom. The van der Waals surface area contributed by atoms with E-state index in [9.17, 15) is 22.8 Å². The molecule has 14 heteroatoms. The van der Waals surface area contributed by atoms with Crippen molar-refractivity contribution in [1.82, 2.24) is 25.3 Å². The number of nitrogens with one attached hydrogen (secondary N) is 4. The van der Waals surface area contributed by atoms with Gasteiger partial charge in [-0.3, -0.25) is 9.59 Å². The number of carbonyl (C=O) groups is 3. The minimum absolute atomic E-state index is 0.0770. The minimum atomic E-state index is -3.98. The van der Waals surface area contributed by atoms with Crippen molar-refractivity contribution in [2.24, 2.45) is 5.41 Å². The molecule has 55 heavy (non-hydrogen) atoms. The summed E-state index contributed by atoms with van der Waals surface area (Å²) in [6.07, 6.45) is 5.14. The van der Waals surface area contributed by atoms with Gasteiger partial charge in [0.1, 0.15) is 17.4 Å². The van der Waals surface area contributed by atoms with Gasteiger partial charge in [-0.05, 0) is 68.9 Å². The Labute approximate surface area is 322 Å². The fourth-order valence-corrected chi connectivity index (χ4v) is 6.72. The van der Waals surface area contributed by atoms with Crippen molar-refractivity contribution in [3.63, 3.8) is 0 Å². The van der Waals surface area contributed by atoms with Crippen molar-refractivity contribution in [3.8, 4) is 23.0 Å². The van der Waals surface area contributed by atoms with Gasteiger partial charge < -0.3 is 25.4 Å². The third-order valence-corrected chi connectivity index (χ3v) is 9.74. The summed E-state index contributed by atoms with van der Waals surface area (Å²) < 4.78 is 39.9. The third-order valence-electron chi connectivity index (χ3n) is 8.41. The lowest BCUT2D eigenvalue weighted by Gasteiger charge is -2.33. The van der Waals surface area contributed by atoms with E-state index in [0.29, 0.717) is 34.8 Å². The van der Waals surface area contributed by atoms with E-state index >= 15 is 0 Å². The topological polar surface area (TPSA) is 178 Å². The second-order valence-electron chi connectivity index (χ2n) is 15.2. The van der Waals surface area contributed by atoms with Crippen LogP contribution in [-0.2, 0) is 19.6 Å². The molecular formula is C41H48N6O7S. The van der Waals surface area contributed by atoms with Crippen LogP contribution in [0.4, 0.5) is 10.5 Å². The first kappa shape index (κ1) is 40.4. The maximum atomic E-state index is 14.0. The molecule has 13 nitrogen and oxygen atoms in total. The number of fused-ring (bicyclic) bond motifs is 10. The molecule has 0 aliphatic carbocycles. The maximum Gasteiger partial charge on any atom is 0.408 e. The average Bonchev–Trinajstić information content (AvgIpc) is 3.11.